The Balaban J connectivity index is 1.94. The molecule has 2 N–H and O–H groups in total. The van der Waals surface area contributed by atoms with Gasteiger partial charge in [0.2, 0.25) is 5.91 Å². The number of hydrogen-bond acceptors (Lipinski definition) is 4. The molecule has 0 aliphatic heterocycles. The van der Waals surface area contributed by atoms with Crippen LogP contribution in [-0.2, 0) is 12.8 Å². The quantitative estimate of drug-likeness (QED) is 0.692. The highest BCUT2D eigenvalue weighted by molar-refractivity contribution is 7.99. The molecule has 0 saturated carbocycles. The van der Waals surface area contributed by atoms with Crippen molar-refractivity contribution in [1.82, 2.24) is 0 Å². The van der Waals surface area contributed by atoms with E-state index in [-0.39, 0.29) is 11.3 Å². The molecule has 3 rings (SSSR count). The minimum absolute atomic E-state index is 0.0956. The molecule has 0 unspecified atom stereocenters. The number of nitrogens with zero attached hydrogens (tertiary/aromatic N) is 1. The second-order valence-corrected chi connectivity index (χ2v) is 6.31. The molecule has 0 spiro atoms. The number of amides is 1. The lowest BCUT2D eigenvalue weighted by atomic mass is 10.1. The molecule has 0 fully saturated rings. The van der Waals surface area contributed by atoms with Gasteiger partial charge in [0.25, 0.3) is 5.69 Å². The van der Waals surface area contributed by atoms with Crippen LogP contribution in [0.15, 0.2) is 46.2 Å². The molecule has 0 heterocycles. The number of primary amides is 1. The number of nitro benzene ring substituents is 1. The van der Waals surface area contributed by atoms with E-state index in [0.29, 0.717) is 4.90 Å². The van der Waals surface area contributed by atoms with Crippen LogP contribution >= 0.6 is 11.8 Å². The summed E-state index contributed by atoms with van der Waals surface area (Å²) in [6.07, 6.45) is 3.33. The van der Waals surface area contributed by atoms with E-state index in [2.05, 4.69) is 12.1 Å². The van der Waals surface area contributed by atoms with Crippen molar-refractivity contribution in [3.05, 3.63) is 63.2 Å². The lowest BCUT2D eigenvalue weighted by Crippen LogP contribution is -2.11. The van der Waals surface area contributed by atoms with Gasteiger partial charge in [-0.15, -0.1) is 0 Å². The standard InChI is InChI=1S/C16H14N2O3S/c17-16(19)12-5-7-15(14(9-12)18(20)21)22-13-6-4-10-2-1-3-11(10)8-13/h4-9H,1-3H2,(H2,17,19). The first kappa shape index (κ1) is 14.6. The van der Waals surface area contributed by atoms with E-state index < -0.39 is 10.8 Å². The molecule has 0 bridgehead atoms. The van der Waals surface area contributed by atoms with Gasteiger partial charge in [0.15, 0.2) is 0 Å². The van der Waals surface area contributed by atoms with Crippen LogP contribution in [0.3, 0.4) is 0 Å². The Kier molecular flexibility index (Phi) is 3.85. The van der Waals surface area contributed by atoms with Crippen molar-refractivity contribution in [1.29, 1.82) is 0 Å². The summed E-state index contributed by atoms with van der Waals surface area (Å²) in [4.78, 5) is 23.4. The molecule has 6 heteroatoms. The van der Waals surface area contributed by atoms with Gasteiger partial charge in [-0.1, -0.05) is 17.8 Å². The van der Waals surface area contributed by atoms with Crippen LogP contribution in [0.2, 0.25) is 0 Å². The number of benzene rings is 2. The number of hydrogen-bond donors (Lipinski definition) is 1. The van der Waals surface area contributed by atoms with Gasteiger partial charge in [0, 0.05) is 16.5 Å². The van der Waals surface area contributed by atoms with Crippen LogP contribution in [0.1, 0.15) is 27.9 Å². The van der Waals surface area contributed by atoms with Crippen molar-refractivity contribution >= 4 is 23.4 Å². The zero-order valence-corrected chi connectivity index (χ0v) is 12.6. The molecule has 2 aromatic rings. The topological polar surface area (TPSA) is 86.2 Å². The predicted molar refractivity (Wildman–Crippen MR) is 84.2 cm³/mol. The van der Waals surface area contributed by atoms with E-state index in [1.165, 1.54) is 35.0 Å². The van der Waals surface area contributed by atoms with Crippen LogP contribution in [-0.4, -0.2) is 10.8 Å². The maximum absolute atomic E-state index is 11.2. The summed E-state index contributed by atoms with van der Waals surface area (Å²) in [5, 5.41) is 11.2. The Hall–Kier alpha value is -2.34. The predicted octanol–water partition coefficient (Wildman–Crippen LogP) is 3.33. The Morgan fingerprint density at radius 2 is 1.91 bits per heavy atom. The summed E-state index contributed by atoms with van der Waals surface area (Å²) in [6.45, 7) is 0. The maximum Gasteiger partial charge on any atom is 0.284 e. The second-order valence-electron chi connectivity index (χ2n) is 5.19. The van der Waals surface area contributed by atoms with Crippen LogP contribution < -0.4 is 5.73 Å². The number of carbonyl (C=O) groups is 1. The third-order valence-corrected chi connectivity index (χ3v) is 4.79. The number of nitrogens with two attached hydrogens (primary N) is 1. The van der Waals surface area contributed by atoms with Gasteiger partial charge in [-0.05, 0) is 54.7 Å². The Labute approximate surface area is 131 Å². The molecule has 2 aromatic carbocycles. The first-order valence-electron chi connectivity index (χ1n) is 6.92. The highest BCUT2D eigenvalue weighted by Gasteiger charge is 2.18. The minimum atomic E-state index is -0.669. The normalized spacial score (nSPS) is 12.9. The highest BCUT2D eigenvalue weighted by Crippen LogP contribution is 2.37. The molecule has 0 saturated heterocycles. The summed E-state index contributed by atoms with van der Waals surface area (Å²) >= 11 is 1.34. The molecule has 1 amide bonds. The summed E-state index contributed by atoms with van der Waals surface area (Å²) < 4.78 is 0. The van der Waals surface area contributed by atoms with E-state index >= 15 is 0 Å². The fourth-order valence-electron chi connectivity index (χ4n) is 2.64. The molecule has 0 atom stereocenters. The van der Waals surface area contributed by atoms with Gasteiger partial charge < -0.3 is 5.73 Å². The van der Waals surface area contributed by atoms with Gasteiger partial charge in [0.1, 0.15) is 0 Å². The minimum Gasteiger partial charge on any atom is -0.366 e. The third kappa shape index (κ3) is 2.82. The van der Waals surface area contributed by atoms with Gasteiger partial charge in [0.05, 0.1) is 9.82 Å². The lowest BCUT2D eigenvalue weighted by molar-refractivity contribution is -0.387. The molecular formula is C16H14N2O3S. The average Bonchev–Trinajstić information content (AvgIpc) is 2.94. The van der Waals surface area contributed by atoms with Crippen LogP contribution in [0.4, 0.5) is 5.69 Å². The SMILES string of the molecule is NC(=O)c1ccc(Sc2ccc3c(c2)CCC3)c([N+](=O)[O-])c1. The number of nitro groups is 1. The van der Waals surface area contributed by atoms with E-state index in [9.17, 15) is 14.9 Å². The smallest absolute Gasteiger partial charge is 0.284 e. The maximum atomic E-state index is 11.2. The van der Waals surface area contributed by atoms with Crippen molar-refractivity contribution in [2.45, 2.75) is 29.1 Å². The van der Waals surface area contributed by atoms with E-state index in [1.54, 1.807) is 6.07 Å². The van der Waals surface area contributed by atoms with Gasteiger partial charge in [-0.2, -0.15) is 0 Å². The summed E-state index contributed by atoms with van der Waals surface area (Å²) in [7, 11) is 0. The first-order valence-corrected chi connectivity index (χ1v) is 7.74. The van der Waals surface area contributed by atoms with Crippen LogP contribution in [0.5, 0.6) is 0 Å². The fraction of sp³-hybridized carbons (Fsp3) is 0.188. The van der Waals surface area contributed by atoms with Crippen LogP contribution in [0, 0.1) is 10.1 Å². The van der Waals surface area contributed by atoms with E-state index in [4.69, 9.17) is 5.73 Å². The van der Waals surface area contributed by atoms with E-state index in [0.717, 1.165) is 24.2 Å². The van der Waals surface area contributed by atoms with E-state index in [1.807, 2.05) is 6.07 Å². The average molecular weight is 314 g/mol. The summed E-state index contributed by atoms with van der Waals surface area (Å²) in [5.41, 5.74) is 7.91. The zero-order valence-electron chi connectivity index (χ0n) is 11.7. The molecule has 112 valence electrons. The summed E-state index contributed by atoms with van der Waals surface area (Å²) in [5.74, 6) is -0.669. The van der Waals surface area contributed by atoms with Crippen molar-refractivity contribution in [2.75, 3.05) is 0 Å². The summed E-state index contributed by atoms with van der Waals surface area (Å²) in [6, 6.07) is 10.5. The molecular weight excluding hydrogens is 300 g/mol. The molecule has 22 heavy (non-hydrogen) atoms. The number of aryl methyl sites for hydroxylation is 2. The van der Waals surface area contributed by atoms with Crippen molar-refractivity contribution < 1.29 is 9.72 Å². The molecule has 1 aliphatic carbocycles. The van der Waals surface area contributed by atoms with Crippen molar-refractivity contribution in [2.24, 2.45) is 5.73 Å². The number of carbonyl (C=O) groups excluding carboxylic acids is 1. The highest BCUT2D eigenvalue weighted by atomic mass is 32.2. The van der Waals surface area contributed by atoms with Gasteiger partial charge in [-0.25, -0.2) is 0 Å². The number of fused-ring (bicyclic) bond motifs is 1. The fourth-order valence-corrected chi connectivity index (χ4v) is 3.60. The first-order chi connectivity index (χ1) is 10.5. The zero-order chi connectivity index (χ0) is 15.7. The monoisotopic (exact) mass is 314 g/mol. The third-order valence-electron chi connectivity index (χ3n) is 3.74. The molecule has 1 aliphatic rings. The lowest BCUT2D eigenvalue weighted by Gasteiger charge is -2.06. The van der Waals surface area contributed by atoms with Crippen molar-refractivity contribution in [3.8, 4) is 0 Å². The Morgan fingerprint density at radius 3 is 2.64 bits per heavy atom. The van der Waals surface area contributed by atoms with Crippen molar-refractivity contribution in [3.63, 3.8) is 0 Å². The largest absolute Gasteiger partial charge is 0.366 e. The van der Waals surface area contributed by atoms with Gasteiger partial charge >= 0.3 is 0 Å². The molecule has 5 nitrogen and oxygen atoms in total. The second kappa shape index (κ2) is 5.81. The molecule has 0 aromatic heterocycles. The Morgan fingerprint density at radius 1 is 1.14 bits per heavy atom. The Bertz CT molecular complexity index is 774. The number of rotatable bonds is 4. The van der Waals surface area contributed by atoms with Gasteiger partial charge in [-0.3, -0.25) is 14.9 Å². The van der Waals surface area contributed by atoms with Crippen LogP contribution in [0.25, 0.3) is 0 Å². The molecule has 0 radical (unpaired) electrons.